The molecule has 1 N–H and O–H groups in total. The molecule has 0 saturated carbocycles. The molecule has 1 aromatic heterocycles. The molecule has 7 heteroatoms. The van der Waals surface area contributed by atoms with Crippen LogP contribution in [0.3, 0.4) is 0 Å². The predicted octanol–water partition coefficient (Wildman–Crippen LogP) is 2.83. The van der Waals surface area contributed by atoms with Gasteiger partial charge in [-0.1, -0.05) is 0 Å². The van der Waals surface area contributed by atoms with Crippen LogP contribution in [0.4, 0.5) is 8.78 Å². The topological polar surface area (TPSA) is 58.4 Å². The third-order valence-corrected chi connectivity index (χ3v) is 5.32. The molecule has 3 aliphatic rings. The fourth-order valence-electron chi connectivity index (χ4n) is 3.97. The number of nitrogens with zero attached hydrogens (tertiary/aromatic N) is 2. The number of halogens is 2. The fourth-order valence-corrected chi connectivity index (χ4v) is 3.97. The van der Waals surface area contributed by atoms with Crippen LogP contribution in [0.5, 0.6) is 0 Å². The minimum atomic E-state index is -0.710. The molecule has 0 radical (unpaired) electrons. The molecule has 3 saturated heterocycles. The molecule has 2 aromatic rings. The lowest BCUT2D eigenvalue weighted by molar-refractivity contribution is 0.0210. The Morgan fingerprint density at radius 1 is 1.24 bits per heavy atom. The number of hydrogen-bond acceptors (Lipinski definition) is 4. The Labute approximate surface area is 144 Å². The number of fused-ring (bicyclic) bond motifs is 3. The zero-order valence-electron chi connectivity index (χ0n) is 13.8. The molecular weight excluding hydrogens is 328 g/mol. The van der Waals surface area contributed by atoms with Gasteiger partial charge in [-0.3, -0.25) is 9.69 Å². The molecule has 5 nitrogen and oxygen atoms in total. The average Bonchev–Trinajstić information content (AvgIpc) is 3.08. The van der Waals surface area contributed by atoms with Gasteiger partial charge in [0.25, 0.3) is 5.89 Å². The van der Waals surface area contributed by atoms with Crippen molar-refractivity contribution in [2.24, 2.45) is 5.92 Å². The highest BCUT2D eigenvalue weighted by Crippen LogP contribution is 2.32. The molecule has 4 heterocycles. The van der Waals surface area contributed by atoms with E-state index >= 15 is 0 Å². The van der Waals surface area contributed by atoms with E-state index in [1.54, 1.807) is 0 Å². The first-order valence-corrected chi connectivity index (χ1v) is 8.48. The largest absolute Gasteiger partial charge is 0.432 e. The second-order valence-electron chi connectivity index (χ2n) is 6.80. The minimum absolute atomic E-state index is 0.0666. The van der Waals surface area contributed by atoms with Crippen molar-refractivity contribution >= 4 is 5.91 Å². The average molecular weight is 347 g/mol. The van der Waals surface area contributed by atoms with Crippen LogP contribution in [0.15, 0.2) is 28.8 Å². The van der Waals surface area contributed by atoms with Crippen molar-refractivity contribution in [3.8, 4) is 11.3 Å². The Kier molecular flexibility index (Phi) is 4.03. The fraction of sp³-hybridized carbons (Fsp3) is 0.444. The second kappa shape index (κ2) is 6.22. The summed E-state index contributed by atoms with van der Waals surface area (Å²) in [6, 6.07) is 3.41. The summed E-state index contributed by atoms with van der Waals surface area (Å²) in [6.07, 6.45) is 3.46. The van der Waals surface area contributed by atoms with E-state index < -0.39 is 17.5 Å². The van der Waals surface area contributed by atoms with Crippen molar-refractivity contribution in [2.45, 2.75) is 31.8 Å². The normalized spacial score (nSPS) is 28.1. The van der Waals surface area contributed by atoms with Crippen LogP contribution in [-0.2, 0) is 0 Å². The summed E-state index contributed by atoms with van der Waals surface area (Å²) in [5.74, 6) is -1.28. The summed E-state index contributed by atoms with van der Waals surface area (Å²) in [4.78, 5) is 18.8. The number of hydrogen-bond donors (Lipinski definition) is 1. The second-order valence-corrected chi connectivity index (χ2v) is 6.80. The van der Waals surface area contributed by atoms with E-state index in [0.29, 0.717) is 5.92 Å². The van der Waals surface area contributed by atoms with Gasteiger partial charge in [-0.05, 0) is 50.9 Å². The lowest BCUT2D eigenvalue weighted by Crippen LogP contribution is -2.62. The SMILES string of the molecule is C[C@H]1[C@H](NC(=O)c2ncc(-c3cc(F)cc(F)c3)o2)C2CCN1CC2. The van der Waals surface area contributed by atoms with Crippen LogP contribution in [0, 0.1) is 17.6 Å². The molecule has 0 unspecified atom stereocenters. The van der Waals surface area contributed by atoms with E-state index in [1.165, 1.54) is 6.20 Å². The molecule has 1 aromatic carbocycles. The van der Waals surface area contributed by atoms with Gasteiger partial charge in [-0.25, -0.2) is 13.8 Å². The molecule has 2 bridgehead atoms. The first-order valence-electron chi connectivity index (χ1n) is 8.48. The van der Waals surface area contributed by atoms with Crippen molar-refractivity contribution in [3.63, 3.8) is 0 Å². The monoisotopic (exact) mass is 347 g/mol. The highest BCUT2D eigenvalue weighted by molar-refractivity contribution is 5.90. The maximum atomic E-state index is 13.3. The van der Waals surface area contributed by atoms with Gasteiger partial charge in [0.05, 0.1) is 6.20 Å². The molecule has 3 aliphatic heterocycles. The number of rotatable bonds is 3. The molecule has 5 rings (SSSR count). The number of carbonyl (C=O) groups is 1. The Morgan fingerprint density at radius 3 is 2.56 bits per heavy atom. The number of piperidine rings is 3. The summed E-state index contributed by atoms with van der Waals surface area (Å²) in [5, 5.41) is 3.02. The van der Waals surface area contributed by atoms with Gasteiger partial charge < -0.3 is 9.73 Å². The zero-order valence-corrected chi connectivity index (χ0v) is 13.8. The van der Waals surface area contributed by atoms with Crippen LogP contribution in [0.2, 0.25) is 0 Å². The number of benzene rings is 1. The van der Waals surface area contributed by atoms with Gasteiger partial charge in [0.1, 0.15) is 11.6 Å². The maximum Gasteiger partial charge on any atom is 0.307 e. The standard InChI is InChI=1S/C18H19F2N3O2/c1-10-16(11-2-4-23(10)5-3-11)22-17(24)18-21-9-15(25-18)12-6-13(19)8-14(20)7-12/h6-11,16H,2-5H2,1H3,(H,22,24)/t10-,16-/m0/s1. The Morgan fingerprint density at radius 2 is 1.92 bits per heavy atom. The Hall–Kier alpha value is -2.28. The first-order chi connectivity index (χ1) is 12.0. The van der Waals surface area contributed by atoms with Crippen LogP contribution in [-0.4, -0.2) is 41.0 Å². The number of oxazole rings is 1. The van der Waals surface area contributed by atoms with Crippen LogP contribution in [0.25, 0.3) is 11.3 Å². The van der Waals surface area contributed by atoms with Gasteiger partial charge in [-0.2, -0.15) is 0 Å². The smallest absolute Gasteiger partial charge is 0.307 e. The van der Waals surface area contributed by atoms with E-state index in [1.807, 2.05) is 0 Å². The highest BCUT2D eigenvalue weighted by Gasteiger charge is 2.40. The first kappa shape index (κ1) is 16.2. The van der Waals surface area contributed by atoms with Gasteiger partial charge in [0.2, 0.25) is 0 Å². The minimum Gasteiger partial charge on any atom is -0.432 e. The van der Waals surface area contributed by atoms with Crippen LogP contribution in [0.1, 0.15) is 30.5 Å². The van der Waals surface area contributed by atoms with Gasteiger partial charge in [-0.15, -0.1) is 0 Å². The number of amides is 1. The van der Waals surface area contributed by atoms with E-state index in [9.17, 15) is 13.6 Å². The molecule has 2 atom stereocenters. The number of nitrogens with one attached hydrogen (secondary N) is 1. The number of carbonyl (C=O) groups excluding carboxylic acids is 1. The van der Waals surface area contributed by atoms with Crippen LogP contribution >= 0.6 is 0 Å². The van der Waals surface area contributed by atoms with Crippen molar-refractivity contribution in [3.05, 3.63) is 41.9 Å². The van der Waals surface area contributed by atoms with Crippen LogP contribution < -0.4 is 5.32 Å². The molecule has 1 amide bonds. The molecule has 25 heavy (non-hydrogen) atoms. The maximum absolute atomic E-state index is 13.3. The molecular formula is C18H19F2N3O2. The van der Waals surface area contributed by atoms with Crippen molar-refractivity contribution < 1.29 is 18.0 Å². The van der Waals surface area contributed by atoms with E-state index in [-0.39, 0.29) is 29.3 Å². The lowest BCUT2D eigenvalue weighted by Gasteiger charge is -2.49. The van der Waals surface area contributed by atoms with Gasteiger partial charge >= 0.3 is 5.91 Å². The predicted molar refractivity (Wildman–Crippen MR) is 86.9 cm³/mol. The third kappa shape index (κ3) is 3.04. The van der Waals surface area contributed by atoms with E-state index in [0.717, 1.165) is 44.1 Å². The van der Waals surface area contributed by atoms with Gasteiger partial charge in [0.15, 0.2) is 5.76 Å². The summed E-state index contributed by atoms with van der Waals surface area (Å²) in [5.41, 5.74) is 0.209. The van der Waals surface area contributed by atoms with Gasteiger partial charge in [0, 0.05) is 23.7 Å². The van der Waals surface area contributed by atoms with Crippen molar-refractivity contribution in [1.82, 2.24) is 15.2 Å². The molecule has 3 fully saturated rings. The number of aromatic nitrogens is 1. The molecule has 132 valence electrons. The van der Waals surface area contributed by atoms with Crippen molar-refractivity contribution in [2.75, 3.05) is 13.1 Å². The lowest BCUT2D eigenvalue weighted by atomic mass is 9.79. The highest BCUT2D eigenvalue weighted by atomic mass is 19.1. The van der Waals surface area contributed by atoms with Crippen molar-refractivity contribution in [1.29, 1.82) is 0 Å². The summed E-state index contributed by atoms with van der Waals surface area (Å²) in [7, 11) is 0. The molecule has 0 spiro atoms. The summed E-state index contributed by atoms with van der Waals surface area (Å²) < 4.78 is 32.1. The van der Waals surface area contributed by atoms with E-state index in [2.05, 4.69) is 22.1 Å². The van der Waals surface area contributed by atoms with E-state index in [4.69, 9.17) is 4.42 Å². The quantitative estimate of drug-likeness (QED) is 0.928. The Bertz CT molecular complexity index is 777. The third-order valence-electron chi connectivity index (χ3n) is 5.32. The molecule has 0 aliphatic carbocycles. The Balaban J connectivity index is 1.51. The summed E-state index contributed by atoms with van der Waals surface area (Å²) in [6.45, 7) is 4.27. The zero-order chi connectivity index (χ0) is 17.6. The summed E-state index contributed by atoms with van der Waals surface area (Å²) >= 11 is 0.